The lowest BCUT2D eigenvalue weighted by Crippen LogP contribution is -2.53. The molecule has 1 fully saturated rings. The summed E-state index contributed by atoms with van der Waals surface area (Å²) in [5.74, 6) is -0.246. The lowest BCUT2D eigenvalue weighted by Gasteiger charge is -2.38. The summed E-state index contributed by atoms with van der Waals surface area (Å²) in [4.78, 5) is 12.6. The molecule has 2 aromatic rings. The van der Waals surface area contributed by atoms with Crippen LogP contribution in [0.4, 0.5) is 5.69 Å². The highest BCUT2D eigenvalue weighted by Gasteiger charge is 2.33. The van der Waals surface area contributed by atoms with Gasteiger partial charge >= 0.3 is 5.97 Å². The molecule has 0 bridgehead atoms. The van der Waals surface area contributed by atoms with Crippen molar-refractivity contribution in [1.82, 2.24) is 5.01 Å². The van der Waals surface area contributed by atoms with Crippen LogP contribution in [-0.2, 0) is 16.0 Å². The maximum Gasteiger partial charge on any atom is 0.325 e. The number of para-hydroxylation sites is 1. The fraction of sp³-hybridized carbons (Fsp3) is 0.409. The number of aryl methyl sites for hydroxylation is 1. The van der Waals surface area contributed by atoms with Gasteiger partial charge in [-0.25, -0.2) is 0 Å². The molecular weight excluding hydrogens is 340 g/mol. The first-order valence-electron chi connectivity index (χ1n) is 9.77. The van der Waals surface area contributed by atoms with Crippen LogP contribution in [-0.4, -0.2) is 35.4 Å². The molecule has 5 heteroatoms. The van der Waals surface area contributed by atoms with Crippen molar-refractivity contribution in [2.24, 2.45) is 0 Å². The van der Waals surface area contributed by atoms with Crippen LogP contribution < -0.4 is 5.17 Å². The van der Waals surface area contributed by atoms with Crippen LogP contribution in [0.15, 0.2) is 60.7 Å². The van der Waals surface area contributed by atoms with Crippen molar-refractivity contribution in [2.75, 3.05) is 18.3 Å². The van der Waals surface area contributed by atoms with E-state index in [-0.39, 0.29) is 5.97 Å². The monoisotopic (exact) mass is 368 g/mol. The minimum Gasteiger partial charge on any atom is -0.464 e. The second-order valence-corrected chi connectivity index (χ2v) is 6.91. The summed E-state index contributed by atoms with van der Waals surface area (Å²) in [5, 5.41) is 13.4. The van der Waals surface area contributed by atoms with Gasteiger partial charge in [-0.1, -0.05) is 48.5 Å². The molecule has 0 saturated carbocycles. The number of benzene rings is 2. The molecule has 0 spiro atoms. The van der Waals surface area contributed by atoms with Gasteiger partial charge in [0.15, 0.2) is 0 Å². The van der Waals surface area contributed by atoms with Crippen molar-refractivity contribution in [3.8, 4) is 0 Å². The van der Waals surface area contributed by atoms with Crippen LogP contribution in [0.3, 0.4) is 0 Å². The first-order valence-corrected chi connectivity index (χ1v) is 9.77. The number of nitrogens with zero attached hydrogens (tertiary/aromatic N) is 2. The molecule has 1 unspecified atom stereocenters. The van der Waals surface area contributed by atoms with Gasteiger partial charge in [0.05, 0.1) is 12.3 Å². The maximum atomic E-state index is 12.6. The molecule has 2 aromatic carbocycles. The number of piperidine rings is 1. The summed E-state index contributed by atoms with van der Waals surface area (Å²) in [7, 11) is 0. The van der Waals surface area contributed by atoms with Gasteiger partial charge < -0.3 is 4.74 Å². The molecule has 1 atom stereocenters. The molecule has 0 radical (unpaired) electrons. The van der Waals surface area contributed by atoms with Crippen LogP contribution in [0, 0.1) is 0 Å². The van der Waals surface area contributed by atoms with E-state index in [4.69, 9.17) is 4.74 Å². The maximum absolute atomic E-state index is 12.6. The number of hydrogen-bond donors (Lipinski definition) is 1. The Morgan fingerprint density at radius 2 is 1.74 bits per heavy atom. The molecule has 1 heterocycles. The summed E-state index contributed by atoms with van der Waals surface area (Å²) >= 11 is 0. The fourth-order valence-electron chi connectivity index (χ4n) is 3.44. The first-order chi connectivity index (χ1) is 13.3. The van der Waals surface area contributed by atoms with E-state index in [0.29, 0.717) is 25.3 Å². The number of hydrogen-bond acceptors (Lipinski definition) is 5. The van der Waals surface area contributed by atoms with Gasteiger partial charge in [0, 0.05) is 6.54 Å². The first kappa shape index (κ1) is 19.4. The Kier molecular flexibility index (Phi) is 7.25. The molecule has 0 aliphatic carbocycles. The van der Waals surface area contributed by atoms with Gasteiger partial charge in [0.2, 0.25) is 0 Å². The van der Waals surface area contributed by atoms with E-state index in [9.17, 15) is 10.0 Å². The van der Waals surface area contributed by atoms with Crippen LogP contribution in [0.2, 0.25) is 0 Å². The van der Waals surface area contributed by atoms with E-state index >= 15 is 0 Å². The van der Waals surface area contributed by atoms with Gasteiger partial charge in [-0.2, -0.15) is 10.2 Å². The average molecular weight is 368 g/mol. The molecule has 0 aromatic heterocycles. The molecular formula is C22H28N2O3. The van der Waals surface area contributed by atoms with Crippen LogP contribution in [0.5, 0.6) is 0 Å². The Labute approximate surface area is 161 Å². The van der Waals surface area contributed by atoms with Gasteiger partial charge in [0.25, 0.3) is 0 Å². The number of carbonyl (C=O) groups is 1. The zero-order valence-electron chi connectivity index (χ0n) is 15.7. The van der Waals surface area contributed by atoms with Crippen LogP contribution >= 0.6 is 0 Å². The van der Waals surface area contributed by atoms with E-state index in [1.54, 1.807) is 5.01 Å². The van der Waals surface area contributed by atoms with Gasteiger partial charge in [-0.05, 0) is 56.2 Å². The predicted molar refractivity (Wildman–Crippen MR) is 105 cm³/mol. The van der Waals surface area contributed by atoms with Crippen molar-refractivity contribution >= 4 is 11.7 Å². The zero-order valence-corrected chi connectivity index (χ0v) is 15.7. The lowest BCUT2D eigenvalue weighted by molar-refractivity contribution is -0.154. The molecule has 0 amide bonds. The molecule has 144 valence electrons. The third kappa shape index (κ3) is 5.55. The normalized spacial score (nSPS) is 17.4. The minimum atomic E-state index is -0.432. The van der Waals surface area contributed by atoms with E-state index in [1.807, 2.05) is 48.5 Å². The summed E-state index contributed by atoms with van der Waals surface area (Å²) in [5.41, 5.74) is 1.96. The fourth-order valence-corrected chi connectivity index (χ4v) is 3.44. The van der Waals surface area contributed by atoms with Crippen molar-refractivity contribution in [1.29, 1.82) is 0 Å². The number of anilines is 1. The Bertz CT molecular complexity index is 693. The van der Waals surface area contributed by atoms with E-state index < -0.39 is 6.04 Å². The van der Waals surface area contributed by atoms with Crippen LogP contribution in [0.25, 0.3) is 0 Å². The van der Waals surface area contributed by atoms with Gasteiger partial charge in [-0.15, -0.1) is 0 Å². The third-order valence-electron chi connectivity index (χ3n) is 4.92. The Morgan fingerprint density at radius 3 is 2.48 bits per heavy atom. The van der Waals surface area contributed by atoms with E-state index in [0.717, 1.165) is 37.3 Å². The molecule has 5 nitrogen and oxygen atoms in total. The zero-order chi connectivity index (χ0) is 18.9. The summed E-state index contributed by atoms with van der Waals surface area (Å²) < 4.78 is 5.52. The van der Waals surface area contributed by atoms with Crippen molar-refractivity contribution in [3.63, 3.8) is 0 Å². The molecule has 27 heavy (non-hydrogen) atoms. The van der Waals surface area contributed by atoms with Crippen LogP contribution in [0.1, 0.15) is 37.7 Å². The number of unbranched alkanes of at least 4 members (excludes halogenated alkanes) is 1. The highest BCUT2D eigenvalue weighted by molar-refractivity contribution is 5.76. The number of carbonyl (C=O) groups excluding carboxylic acids is 1. The van der Waals surface area contributed by atoms with E-state index in [1.165, 1.54) is 5.56 Å². The average Bonchev–Trinajstić information content (AvgIpc) is 2.74. The summed E-state index contributed by atoms with van der Waals surface area (Å²) in [6, 6.07) is 19.2. The number of hydrazine groups is 1. The standard InChI is InChI=1S/C22H28N2O3/c25-22(27-18-10-8-13-19-11-3-1-4-12-19)21-16-7-9-17-23(21)24(26)20-14-5-2-6-15-20/h1-6,11-12,14-15,21,26H,7-10,13,16-18H2. The van der Waals surface area contributed by atoms with E-state index in [2.05, 4.69) is 12.1 Å². The highest BCUT2D eigenvalue weighted by Crippen LogP contribution is 2.23. The molecule has 1 aliphatic rings. The van der Waals surface area contributed by atoms with Crippen molar-refractivity contribution in [2.45, 2.75) is 44.6 Å². The summed E-state index contributed by atoms with van der Waals surface area (Å²) in [6.45, 7) is 1.06. The third-order valence-corrected chi connectivity index (χ3v) is 4.92. The smallest absolute Gasteiger partial charge is 0.325 e. The second kappa shape index (κ2) is 10.1. The van der Waals surface area contributed by atoms with Crippen molar-refractivity contribution < 1.29 is 14.7 Å². The summed E-state index contributed by atoms with van der Waals surface area (Å²) in [6.07, 6.45) is 5.44. The Morgan fingerprint density at radius 1 is 1.04 bits per heavy atom. The molecule has 1 saturated heterocycles. The van der Waals surface area contributed by atoms with Gasteiger partial charge in [0.1, 0.15) is 6.04 Å². The van der Waals surface area contributed by atoms with Crippen molar-refractivity contribution in [3.05, 3.63) is 66.2 Å². The number of esters is 1. The lowest BCUT2D eigenvalue weighted by atomic mass is 10.0. The minimum absolute atomic E-state index is 0.246. The number of rotatable bonds is 8. The quantitative estimate of drug-likeness (QED) is 0.430. The highest BCUT2D eigenvalue weighted by atomic mass is 16.6. The largest absolute Gasteiger partial charge is 0.464 e. The second-order valence-electron chi connectivity index (χ2n) is 6.91. The predicted octanol–water partition coefficient (Wildman–Crippen LogP) is 4.22. The number of ether oxygens (including phenoxy) is 1. The SMILES string of the molecule is O=C(OCCCCc1ccccc1)C1CCCCN1N(O)c1ccccc1. The molecule has 1 aliphatic heterocycles. The molecule has 3 rings (SSSR count). The topological polar surface area (TPSA) is 53.0 Å². The Balaban J connectivity index is 1.47. The van der Waals surface area contributed by atoms with Gasteiger partial charge in [-0.3, -0.25) is 10.0 Å². The Hall–Kier alpha value is -2.37. The molecule has 1 N–H and O–H groups in total.